The highest BCUT2D eigenvalue weighted by molar-refractivity contribution is 7.89. The van der Waals surface area contributed by atoms with Gasteiger partial charge in [-0.3, -0.25) is 4.79 Å². The molecule has 2 rings (SSSR count). The molecule has 1 N–H and O–H groups in total. The number of amides is 1. The largest absolute Gasteiger partial charge is 0.492 e. The molecule has 0 spiro atoms. The molecule has 0 saturated carbocycles. The van der Waals surface area contributed by atoms with E-state index in [0.717, 1.165) is 0 Å². The average Bonchev–Trinajstić information content (AvgIpc) is 2.57. The topological polar surface area (TPSA) is 75.7 Å². The average molecular weight is 340 g/mol. The van der Waals surface area contributed by atoms with E-state index in [4.69, 9.17) is 4.74 Å². The number of piperidine rings is 1. The fourth-order valence-corrected chi connectivity index (χ4v) is 3.80. The van der Waals surface area contributed by atoms with Crippen LogP contribution in [0.3, 0.4) is 0 Å². The van der Waals surface area contributed by atoms with Gasteiger partial charge in [-0.2, -0.15) is 0 Å². The van der Waals surface area contributed by atoms with Gasteiger partial charge in [-0.15, -0.1) is 0 Å². The molecule has 1 aromatic carbocycles. The number of nitrogens with zero attached hydrogens (tertiary/aromatic N) is 1. The monoisotopic (exact) mass is 340 g/mol. The number of carbonyl (C=O) groups excluding carboxylic acids is 1. The first-order valence-electron chi connectivity index (χ1n) is 7.98. The van der Waals surface area contributed by atoms with Crippen molar-refractivity contribution >= 4 is 21.6 Å². The van der Waals surface area contributed by atoms with E-state index in [0.29, 0.717) is 44.0 Å². The number of hydrogen-bond donors (Lipinski definition) is 1. The van der Waals surface area contributed by atoms with Gasteiger partial charge >= 0.3 is 0 Å². The summed E-state index contributed by atoms with van der Waals surface area (Å²) in [7, 11) is -3.16. The molecule has 1 fully saturated rings. The van der Waals surface area contributed by atoms with Gasteiger partial charge in [0, 0.05) is 19.0 Å². The van der Waals surface area contributed by atoms with Crippen LogP contribution in [0.1, 0.15) is 26.7 Å². The Kier molecular flexibility index (Phi) is 6.01. The minimum Gasteiger partial charge on any atom is -0.492 e. The number of nitrogens with one attached hydrogen (secondary N) is 1. The summed E-state index contributed by atoms with van der Waals surface area (Å²) in [6.07, 6.45) is 1.09. The molecule has 1 heterocycles. The van der Waals surface area contributed by atoms with Gasteiger partial charge in [-0.05, 0) is 38.8 Å². The molecular formula is C16H24N2O4S. The zero-order valence-corrected chi connectivity index (χ0v) is 14.4. The Bertz CT molecular complexity index is 637. The van der Waals surface area contributed by atoms with E-state index in [9.17, 15) is 13.2 Å². The van der Waals surface area contributed by atoms with Crippen molar-refractivity contribution in [2.45, 2.75) is 26.7 Å². The van der Waals surface area contributed by atoms with Crippen molar-refractivity contribution in [1.82, 2.24) is 4.31 Å². The predicted octanol–water partition coefficient (Wildman–Crippen LogP) is 2.09. The number of carbonyl (C=O) groups is 1. The van der Waals surface area contributed by atoms with E-state index in [1.165, 1.54) is 4.31 Å². The third-order valence-electron chi connectivity index (χ3n) is 4.03. The van der Waals surface area contributed by atoms with Crippen molar-refractivity contribution in [3.05, 3.63) is 24.3 Å². The van der Waals surface area contributed by atoms with Gasteiger partial charge in [0.15, 0.2) is 0 Å². The molecule has 7 heteroatoms. The lowest BCUT2D eigenvalue weighted by Gasteiger charge is -2.30. The van der Waals surface area contributed by atoms with Gasteiger partial charge in [0.25, 0.3) is 0 Å². The molecule has 1 aromatic rings. The lowest BCUT2D eigenvalue weighted by atomic mass is 9.97. The number of para-hydroxylation sites is 2. The summed E-state index contributed by atoms with van der Waals surface area (Å²) in [6, 6.07) is 7.32. The van der Waals surface area contributed by atoms with Gasteiger partial charge in [0.2, 0.25) is 15.9 Å². The Morgan fingerprint density at radius 2 is 1.91 bits per heavy atom. The summed E-state index contributed by atoms with van der Waals surface area (Å²) in [5.74, 6) is 0.499. The van der Waals surface area contributed by atoms with Crippen LogP contribution in [0.5, 0.6) is 5.75 Å². The van der Waals surface area contributed by atoms with Crippen molar-refractivity contribution in [2.24, 2.45) is 5.92 Å². The first kappa shape index (κ1) is 17.7. The zero-order valence-electron chi connectivity index (χ0n) is 13.6. The Hall–Kier alpha value is -1.60. The van der Waals surface area contributed by atoms with Crippen molar-refractivity contribution in [2.75, 3.05) is 30.8 Å². The Balaban J connectivity index is 1.96. The van der Waals surface area contributed by atoms with E-state index < -0.39 is 10.0 Å². The minimum atomic E-state index is -3.16. The second kappa shape index (κ2) is 7.79. The van der Waals surface area contributed by atoms with Gasteiger partial charge in [-0.1, -0.05) is 12.1 Å². The lowest BCUT2D eigenvalue weighted by molar-refractivity contribution is -0.120. The van der Waals surface area contributed by atoms with Crippen molar-refractivity contribution < 1.29 is 17.9 Å². The van der Waals surface area contributed by atoms with E-state index in [-0.39, 0.29) is 17.6 Å². The van der Waals surface area contributed by atoms with E-state index in [1.54, 1.807) is 13.0 Å². The molecule has 23 heavy (non-hydrogen) atoms. The molecular weight excluding hydrogens is 316 g/mol. The van der Waals surface area contributed by atoms with E-state index >= 15 is 0 Å². The summed E-state index contributed by atoms with van der Waals surface area (Å²) in [5.41, 5.74) is 0.656. The Morgan fingerprint density at radius 3 is 2.52 bits per heavy atom. The molecule has 0 aromatic heterocycles. The highest BCUT2D eigenvalue weighted by Gasteiger charge is 2.30. The number of anilines is 1. The maximum Gasteiger partial charge on any atom is 0.227 e. The number of benzene rings is 1. The van der Waals surface area contributed by atoms with Gasteiger partial charge < -0.3 is 10.1 Å². The van der Waals surface area contributed by atoms with Gasteiger partial charge in [0.1, 0.15) is 5.75 Å². The fraction of sp³-hybridized carbons (Fsp3) is 0.562. The molecule has 1 aliphatic rings. The van der Waals surface area contributed by atoms with Crippen LogP contribution in [0.2, 0.25) is 0 Å². The van der Waals surface area contributed by atoms with Gasteiger partial charge in [0.05, 0.1) is 18.0 Å². The summed E-state index contributed by atoms with van der Waals surface area (Å²) in [6.45, 7) is 4.87. The van der Waals surface area contributed by atoms with E-state index in [1.807, 2.05) is 25.1 Å². The maximum absolute atomic E-state index is 12.4. The highest BCUT2D eigenvalue weighted by Crippen LogP contribution is 2.26. The molecule has 1 aliphatic heterocycles. The normalized spacial score (nSPS) is 17.0. The second-order valence-electron chi connectivity index (χ2n) is 5.49. The molecule has 1 saturated heterocycles. The molecule has 0 atom stereocenters. The third kappa shape index (κ3) is 4.45. The van der Waals surface area contributed by atoms with Crippen LogP contribution in [0.25, 0.3) is 0 Å². The SMILES string of the molecule is CCOc1ccccc1NC(=O)C1CCN(S(=O)(=O)CC)CC1. The maximum atomic E-state index is 12.4. The molecule has 6 nitrogen and oxygen atoms in total. The molecule has 0 unspecified atom stereocenters. The van der Waals surface area contributed by atoms with Gasteiger partial charge in [-0.25, -0.2) is 12.7 Å². The fourth-order valence-electron chi connectivity index (χ4n) is 2.66. The standard InChI is InChI=1S/C16H24N2O4S/c1-3-22-15-8-6-5-7-14(15)17-16(19)13-9-11-18(12-10-13)23(20,21)4-2/h5-8,13H,3-4,9-12H2,1-2H3,(H,17,19). The van der Waals surface area contributed by atoms with Crippen LogP contribution in [-0.4, -0.2) is 44.1 Å². The summed E-state index contributed by atoms with van der Waals surface area (Å²) < 4.78 is 30.7. The van der Waals surface area contributed by atoms with Crippen LogP contribution in [-0.2, 0) is 14.8 Å². The number of rotatable bonds is 6. The summed E-state index contributed by atoms with van der Waals surface area (Å²) in [4.78, 5) is 12.4. The van der Waals surface area contributed by atoms with Crippen molar-refractivity contribution in [1.29, 1.82) is 0 Å². The number of ether oxygens (including phenoxy) is 1. The first-order valence-corrected chi connectivity index (χ1v) is 9.59. The summed E-state index contributed by atoms with van der Waals surface area (Å²) in [5, 5.41) is 2.90. The quantitative estimate of drug-likeness (QED) is 0.860. The minimum absolute atomic E-state index is 0.0781. The number of hydrogen-bond acceptors (Lipinski definition) is 4. The van der Waals surface area contributed by atoms with Crippen LogP contribution < -0.4 is 10.1 Å². The van der Waals surface area contributed by atoms with Crippen LogP contribution in [0.15, 0.2) is 24.3 Å². The smallest absolute Gasteiger partial charge is 0.227 e. The lowest BCUT2D eigenvalue weighted by Crippen LogP contribution is -2.42. The Morgan fingerprint density at radius 1 is 1.26 bits per heavy atom. The van der Waals surface area contributed by atoms with E-state index in [2.05, 4.69) is 5.32 Å². The Labute approximate surface area is 137 Å². The van der Waals surface area contributed by atoms with Crippen LogP contribution in [0.4, 0.5) is 5.69 Å². The van der Waals surface area contributed by atoms with Crippen molar-refractivity contribution in [3.63, 3.8) is 0 Å². The predicted molar refractivity (Wildman–Crippen MR) is 90.0 cm³/mol. The summed E-state index contributed by atoms with van der Waals surface area (Å²) >= 11 is 0. The zero-order chi connectivity index (χ0) is 16.9. The third-order valence-corrected chi connectivity index (χ3v) is 5.91. The van der Waals surface area contributed by atoms with Crippen molar-refractivity contribution in [3.8, 4) is 5.75 Å². The molecule has 0 radical (unpaired) electrons. The molecule has 1 amide bonds. The van der Waals surface area contributed by atoms with Crippen LogP contribution >= 0.6 is 0 Å². The molecule has 128 valence electrons. The first-order chi connectivity index (χ1) is 11.0. The second-order valence-corrected chi connectivity index (χ2v) is 7.75. The number of sulfonamides is 1. The molecule has 0 aliphatic carbocycles. The molecule has 0 bridgehead atoms. The van der Waals surface area contributed by atoms with Crippen LogP contribution in [0, 0.1) is 5.92 Å². The highest BCUT2D eigenvalue weighted by atomic mass is 32.2.